The van der Waals surface area contributed by atoms with Crippen LogP contribution in [0, 0.1) is 0 Å². The summed E-state index contributed by atoms with van der Waals surface area (Å²) in [5.74, 6) is -1.08. The maximum Gasteiger partial charge on any atom is 0.328 e. The lowest BCUT2D eigenvalue weighted by atomic mass is 10.1. The second kappa shape index (κ2) is 5.64. The van der Waals surface area contributed by atoms with Crippen LogP contribution in [-0.2, 0) is 4.79 Å². The lowest BCUT2D eigenvalue weighted by molar-refractivity contribution is -0.131. The molecule has 0 saturated heterocycles. The van der Waals surface area contributed by atoms with Crippen molar-refractivity contribution in [2.75, 3.05) is 0 Å². The van der Waals surface area contributed by atoms with Gasteiger partial charge in [0, 0.05) is 29.5 Å². The molecule has 1 aliphatic rings. The zero-order chi connectivity index (χ0) is 15.7. The number of allylic oxidation sites excluding steroid dienone is 2. The van der Waals surface area contributed by atoms with Gasteiger partial charge in [-0.05, 0) is 25.0 Å². The van der Waals surface area contributed by atoms with Crippen molar-refractivity contribution in [3.05, 3.63) is 53.8 Å². The van der Waals surface area contributed by atoms with Crippen LogP contribution in [0.1, 0.15) is 41.9 Å². The smallest absolute Gasteiger partial charge is 0.328 e. The zero-order valence-corrected chi connectivity index (χ0v) is 12.3. The monoisotopic (exact) mass is 295 g/mol. The molecular formula is C18H17NO3. The van der Waals surface area contributed by atoms with Gasteiger partial charge in [0.25, 0.3) is 0 Å². The van der Waals surface area contributed by atoms with E-state index in [2.05, 4.69) is 12.2 Å². The molecule has 0 amide bonds. The van der Waals surface area contributed by atoms with Crippen LogP contribution in [0.15, 0.2) is 42.5 Å². The highest BCUT2D eigenvalue weighted by atomic mass is 16.4. The Balaban J connectivity index is 2.33. The third kappa shape index (κ3) is 2.37. The summed E-state index contributed by atoms with van der Waals surface area (Å²) in [5.41, 5.74) is 2.23. The molecule has 22 heavy (non-hydrogen) atoms. The zero-order valence-electron chi connectivity index (χ0n) is 12.3. The summed E-state index contributed by atoms with van der Waals surface area (Å²) in [7, 11) is 0. The van der Waals surface area contributed by atoms with E-state index in [0.29, 0.717) is 11.3 Å². The van der Waals surface area contributed by atoms with Gasteiger partial charge in [-0.15, -0.1) is 0 Å². The van der Waals surface area contributed by atoms with E-state index in [1.165, 1.54) is 13.0 Å². The molecule has 1 N–H and O–H groups in total. The van der Waals surface area contributed by atoms with E-state index >= 15 is 0 Å². The minimum atomic E-state index is -1.02. The number of rotatable bonds is 4. The predicted octanol–water partition coefficient (Wildman–Crippen LogP) is 3.83. The first-order chi connectivity index (χ1) is 10.6. The van der Waals surface area contributed by atoms with Crippen LogP contribution in [0.25, 0.3) is 17.0 Å². The van der Waals surface area contributed by atoms with Gasteiger partial charge in [0.1, 0.15) is 0 Å². The highest BCUT2D eigenvalue weighted by molar-refractivity contribution is 6.06. The third-order valence-corrected chi connectivity index (χ3v) is 3.99. The van der Waals surface area contributed by atoms with Crippen molar-refractivity contribution in [2.24, 2.45) is 0 Å². The molecule has 0 aliphatic heterocycles. The van der Waals surface area contributed by atoms with E-state index < -0.39 is 5.97 Å². The Bertz CT molecular complexity index is 811. The molecule has 1 aliphatic carbocycles. The van der Waals surface area contributed by atoms with Gasteiger partial charge in [-0.3, -0.25) is 4.79 Å². The number of para-hydroxylation sites is 1. The molecule has 2 aromatic rings. The number of benzene rings is 1. The van der Waals surface area contributed by atoms with E-state index in [-0.39, 0.29) is 11.8 Å². The quantitative estimate of drug-likeness (QED) is 0.530. The van der Waals surface area contributed by atoms with Crippen LogP contribution < -0.4 is 0 Å². The lowest BCUT2D eigenvalue weighted by Gasteiger charge is -2.15. The number of fused-ring (bicyclic) bond motifs is 1. The first-order valence-electron chi connectivity index (χ1n) is 7.31. The Morgan fingerprint density at radius 1 is 1.32 bits per heavy atom. The van der Waals surface area contributed by atoms with Crippen LogP contribution in [0.4, 0.5) is 0 Å². The average molecular weight is 295 g/mol. The van der Waals surface area contributed by atoms with Crippen molar-refractivity contribution < 1.29 is 14.7 Å². The summed E-state index contributed by atoms with van der Waals surface area (Å²) in [6.45, 7) is 1.53. The van der Waals surface area contributed by atoms with Crippen LogP contribution in [0.5, 0.6) is 0 Å². The van der Waals surface area contributed by atoms with Crippen molar-refractivity contribution in [3.63, 3.8) is 0 Å². The van der Waals surface area contributed by atoms with Crippen LogP contribution >= 0.6 is 0 Å². The number of carboxylic acids is 1. The summed E-state index contributed by atoms with van der Waals surface area (Å²) in [5, 5.41) is 9.81. The van der Waals surface area contributed by atoms with E-state index in [1.807, 2.05) is 28.8 Å². The first kappa shape index (κ1) is 14.3. The maximum absolute atomic E-state index is 12.2. The fourth-order valence-corrected chi connectivity index (χ4v) is 3.15. The minimum absolute atomic E-state index is 0.0541. The molecule has 112 valence electrons. The van der Waals surface area contributed by atoms with E-state index in [1.54, 1.807) is 0 Å². The van der Waals surface area contributed by atoms with Gasteiger partial charge < -0.3 is 9.67 Å². The Morgan fingerprint density at radius 2 is 2.09 bits per heavy atom. The summed E-state index contributed by atoms with van der Waals surface area (Å²) >= 11 is 0. The molecule has 0 bridgehead atoms. The third-order valence-electron chi connectivity index (χ3n) is 3.99. The maximum atomic E-state index is 12.2. The fourth-order valence-electron chi connectivity index (χ4n) is 3.15. The van der Waals surface area contributed by atoms with E-state index in [4.69, 9.17) is 5.11 Å². The van der Waals surface area contributed by atoms with Gasteiger partial charge in [0.15, 0.2) is 5.78 Å². The number of hydrogen-bond acceptors (Lipinski definition) is 2. The molecule has 1 atom stereocenters. The van der Waals surface area contributed by atoms with Crippen LogP contribution in [0.3, 0.4) is 0 Å². The van der Waals surface area contributed by atoms with Crippen molar-refractivity contribution in [3.8, 4) is 0 Å². The first-order valence-corrected chi connectivity index (χ1v) is 7.31. The molecule has 1 aromatic heterocycles. The lowest BCUT2D eigenvalue weighted by Crippen LogP contribution is -2.11. The molecule has 4 nitrogen and oxygen atoms in total. The second-order valence-electron chi connectivity index (χ2n) is 5.45. The number of aliphatic carboxylic acids is 1. The largest absolute Gasteiger partial charge is 0.478 e. The van der Waals surface area contributed by atoms with E-state index in [9.17, 15) is 9.59 Å². The van der Waals surface area contributed by atoms with Crippen molar-refractivity contribution in [2.45, 2.75) is 25.8 Å². The normalized spacial score (nSPS) is 17.6. The summed E-state index contributed by atoms with van der Waals surface area (Å²) < 4.78 is 2.04. The Morgan fingerprint density at radius 3 is 2.73 bits per heavy atom. The number of aromatic nitrogens is 1. The molecule has 3 rings (SSSR count). The number of ketones is 1. The predicted molar refractivity (Wildman–Crippen MR) is 86.0 cm³/mol. The molecule has 1 heterocycles. The second-order valence-corrected chi connectivity index (χ2v) is 5.45. The number of Topliss-reactive ketones (excluding diaryl/α,β-unsaturated/α-hetero) is 1. The van der Waals surface area contributed by atoms with Gasteiger partial charge >= 0.3 is 5.97 Å². The molecule has 1 unspecified atom stereocenters. The number of carbonyl (C=O) groups excluding carboxylic acids is 1. The van der Waals surface area contributed by atoms with Crippen LogP contribution in [-0.4, -0.2) is 21.4 Å². The van der Waals surface area contributed by atoms with Crippen molar-refractivity contribution >= 4 is 28.7 Å². The molecular weight excluding hydrogens is 278 g/mol. The molecule has 0 fully saturated rings. The fraction of sp³-hybridized carbons (Fsp3) is 0.222. The summed E-state index contributed by atoms with van der Waals surface area (Å²) in [6, 6.07) is 7.89. The Hall–Kier alpha value is -2.62. The van der Waals surface area contributed by atoms with Crippen molar-refractivity contribution in [1.29, 1.82) is 0 Å². The molecule has 0 spiro atoms. The van der Waals surface area contributed by atoms with Crippen molar-refractivity contribution in [1.82, 2.24) is 4.57 Å². The number of carbonyl (C=O) groups is 2. The Labute approximate surface area is 128 Å². The van der Waals surface area contributed by atoms with Gasteiger partial charge in [-0.1, -0.05) is 30.4 Å². The highest BCUT2D eigenvalue weighted by Crippen LogP contribution is 2.35. The number of carboxylic acid groups (broad SMARTS) is 1. The Kier molecular flexibility index (Phi) is 3.67. The van der Waals surface area contributed by atoms with Gasteiger partial charge in [-0.2, -0.15) is 0 Å². The molecule has 4 heteroatoms. The molecule has 1 aromatic carbocycles. The average Bonchev–Trinajstić information content (AvgIpc) is 3.10. The number of nitrogens with zero attached hydrogens (tertiary/aromatic N) is 1. The summed E-state index contributed by atoms with van der Waals surface area (Å²) in [6.07, 6.45) is 8.80. The van der Waals surface area contributed by atoms with Crippen LogP contribution in [0.2, 0.25) is 0 Å². The number of hydrogen-bond donors (Lipinski definition) is 1. The van der Waals surface area contributed by atoms with E-state index in [0.717, 1.165) is 29.8 Å². The molecule has 0 saturated carbocycles. The van der Waals surface area contributed by atoms with Gasteiger partial charge in [0.2, 0.25) is 0 Å². The topological polar surface area (TPSA) is 59.3 Å². The minimum Gasteiger partial charge on any atom is -0.478 e. The highest BCUT2D eigenvalue weighted by Gasteiger charge is 2.23. The SMILES string of the molecule is CC(=O)c1c(C=CC(=O)O)c2ccccc2n1C1C=CCC1. The van der Waals surface area contributed by atoms with Gasteiger partial charge in [-0.25, -0.2) is 4.79 Å². The standard InChI is InChI=1S/C18H17NO3/c1-12(20)18-15(10-11-17(21)22)14-8-4-5-9-16(14)19(18)13-6-2-3-7-13/h2,4-6,8-11,13H,3,7H2,1H3,(H,21,22). The summed E-state index contributed by atoms with van der Waals surface area (Å²) in [4.78, 5) is 23.1. The van der Waals surface area contributed by atoms with Gasteiger partial charge in [0.05, 0.1) is 11.7 Å². The molecule has 0 radical (unpaired) electrons.